The topological polar surface area (TPSA) is 38.3 Å². The van der Waals surface area contributed by atoms with Crippen LogP contribution in [0.15, 0.2) is 22.7 Å². The minimum absolute atomic E-state index is 0.0128. The van der Waals surface area contributed by atoms with Gasteiger partial charge < -0.3 is 9.74 Å². The van der Waals surface area contributed by atoms with Crippen molar-refractivity contribution in [2.45, 2.75) is 64.8 Å². The Labute approximate surface area is 155 Å². The Kier molecular flexibility index (Phi) is 7.72. The molecule has 0 aliphatic carbocycles. The molecule has 24 heavy (non-hydrogen) atoms. The first-order valence-corrected chi connectivity index (χ1v) is 11.9. The van der Waals surface area contributed by atoms with Gasteiger partial charge in [-0.25, -0.2) is 0 Å². The molecule has 0 saturated carbocycles. The summed E-state index contributed by atoms with van der Waals surface area (Å²) in [5, 5.41) is 3.13. The average molecular weight is 410 g/mol. The zero-order chi connectivity index (χ0) is 18.4. The van der Waals surface area contributed by atoms with E-state index < -0.39 is 8.32 Å². The first kappa shape index (κ1) is 21.0. The number of carbonyl (C=O) groups is 1. The number of hydrogen-bond donors (Lipinski definition) is 1. The van der Waals surface area contributed by atoms with Gasteiger partial charge in [-0.15, -0.1) is 12.3 Å². The molecule has 0 spiro atoms. The highest BCUT2D eigenvalue weighted by molar-refractivity contribution is 9.10. The fourth-order valence-corrected chi connectivity index (χ4v) is 3.20. The Balaban J connectivity index is 2.82. The molecule has 1 amide bonds. The molecule has 0 aliphatic heterocycles. The lowest BCUT2D eigenvalue weighted by Gasteiger charge is -2.36. The third kappa shape index (κ3) is 6.43. The van der Waals surface area contributed by atoms with Gasteiger partial charge in [-0.1, -0.05) is 36.7 Å². The Bertz CT molecular complexity index is 615. The van der Waals surface area contributed by atoms with E-state index in [-0.39, 0.29) is 10.9 Å². The second kappa shape index (κ2) is 8.84. The number of anilines is 1. The smallest absolute Gasteiger partial charge is 0.224 e. The summed E-state index contributed by atoms with van der Waals surface area (Å²) in [6, 6.07) is 5.84. The van der Waals surface area contributed by atoms with Gasteiger partial charge in [0.2, 0.25) is 5.91 Å². The Morgan fingerprint density at radius 2 is 2.04 bits per heavy atom. The molecule has 1 rings (SSSR count). The van der Waals surface area contributed by atoms with Crippen LogP contribution in [0.1, 0.15) is 45.6 Å². The molecular weight excluding hydrogens is 382 g/mol. The second-order valence-corrected chi connectivity index (χ2v) is 13.2. The minimum Gasteiger partial charge on any atom is -0.412 e. The van der Waals surface area contributed by atoms with Crippen molar-refractivity contribution in [1.29, 1.82) is 0 Å². The molecule has 0 bridgehead atoms. The van der Waals surface area contributed by atoms with Gasteiger partial charge in [-0.05, 0) is 42.8 Å². The molecule has 0 saturated heterocycles. The second-order valence-electron chi connectivity index (χ2n) is 7.46. The molecule has 132 valence electrons. The van der Waals surface area contributed by atoms with Crippen LogP contribution in [0.4, 0.5) is 5.69 Å². The molecule has 0 atom stereocenters. The van der Waals surface area contributed by atoms with Crippen molar-refractivity contribution in [3.63, 3.8) is 0 Å². The Hall–Kier alpha value is -1.09. The summed E-state index contributed by atoms with van der Waals surface area (Å²) in [5.41, 5.74) is 1.79. The Morgan fingerprint density at radius 1 is 1.38 bits per heavy atom. The number of hydrogen-bond acceptors (Lipinski definition) is 2. The summed E-state index contributed by atoms with van der Waals surface area (Å²) < 4.78 is 7.27. The standard InChI is InChI=1S/C19H28BrNO2Si/c1-7-8-9-10-18(22)21-17-12-11-16(20)13-15(17)14-23-24(5,6)19(2,3)4/h1,11-13H,8-10,14H2,2-6H3,(H,21,22). The number of terminal acetylenes is 1. The fourth-order valence-electron chi connectivity index (χ4n) is 1.84. The highest BCUT2D eigenvalue weighted by Crippen LogP contribution is 2.37. The average Bonchev–Trinajstić information content (AvgIpc) is 2.46. The number of carbonyl (C=O) groups excluding carboxylic acids is 1. The zero-order valence-corrected chi connectivity index (χ0v) is 17.9. The third-order valence-electron chi connectivity index (χ3n) is 4.46. The van der Waals surface area contributed by atoms with Crippen molar-refractivity contribution in [3.8, 4) is 12.3 Å². The zero-order valence-electron chi connectivity index (χ0n) is 15.3. The number of halogens is 1. The first-order chi connectivity index (χ1) is 11.1. The lowest BCUT2D eigenvalue weighted by atomic mass is 10.1. The molecule has 0 fully saturated rings. The first-order valence-electron chi connectivity index (χ1n) is 8.22. The molecular formula is C19H28BrNO2Si. The molecule has 1 aromatic carbocycles. The molecule has 1 aromatic rings. The summed E-state index contributed by atoms with van der Waals surface area (Å²) >= 11 is 3.49. The number of amides is 1. The van der Waals surface area contributed by atoms with Crippen LogP contribution in [-0.4, -0.2) is 14.2 Å². The van der Waals surface area contributed by atoms with E-state index in [1.165, 1.54) is 0 Å². The largest absolute Gasteiger partial charge is 0.412 e. The van der Waals surface area contributed by atoms with Gasteiger partial charge in [0.05, 0.1) is 6.61 Å². The number of unbranched alkanes of at least 4 members (excludes halogenated alkanes) is 1. The molecule has 0 heterocycles. The van der Waals surface area contributed by atoms with Crippen molar-refractivity contribution < 1.29 is 9.22 Å². The SMILES string of the molecule is C#CCCCC(=O)Nc1ccc(Br)cc1CO[Si](C)(C)C(C)(C)C. The van der Waals surface area contributed by atoms with Crippen molar-refractivity contribution in [2.24, 2.45) is 0 Å². The van der Waals surface area contributed by atoms with E-state index in [4.69, 9.17) is 10.8 Å². The van der Waals surface area contributed by atoms with E-state index in [0.29, 0.717) is 25.9 Å². The summed E-state index contributed by atoms with van der Waals surface area (Å²) in [6.07, 6.45) is 6.98. The number of benzene rings is 1. The Morgan fingerprint density at radius 3 is 2.62 bits per heavy atom. The van der Waals surface area contributed by atoms with E-state index in [0.717, 1.165) is 15.7 Å². The van der Waals surface area contributed by atoms with Crippen molar-refractivity contribution in [3.05, 3.63) is 28.2 Å². The fraction of sp³-hybridized carbons (Fsp3) is 0.526. The van der Waals surface area contributed by atoms with E-state index in [2.05, 4.69) is 61.0 Å². The summed E-state index contributed by atoms with van der Waals surface area (Å²) in [5.74, 6) is 2.54. The van der Waals surface area contributed by atoms with Crippen LogP contribution in [0.3, 0.4) is 0 Å². The van der Waals surface area contributed by atoms with Crippen molar-refractivity contribution in [2.75, 3.05) is 5.32 Å². The number of rotatable bonds is 7. The predicted octanol–water partition coefficient (Wildman–Crippen LogP) is 5.71. The summed E-state index contributed by atoms with van der Waals surface area (Å²) in [7, 11) is -1.84. The van der Waals surface area contributed by atoms with Crippen LogP contribution in [-0.2, 0) is 15.8 Å². The highest BCUT2D eigenvalue weighted by Gasteiger charge is 2.37. The van der Waals surface area contributed by atoms with Crippen molar-refractivity contribution in [1.82, 2.24) is 0 Å². The van der Waals surface area contributed by atoms with E-state index in [1.54, 1.807) is 0 Å². The van der Waals surface area contributed by atoms with E-state index >= 15 is 0 Å². The summed E-state index contributed by atoms with van der Waals surface area (Å²) in [6.45, 7) is 11.6. The lowest BCUT2D eigenvalue weighted by Crippen LogP contribution is -2.40. The monoisotopic (exact) mass is 409 g/mol. The maximum absolute atomic E-state index is 12.1. The molecule has 3 nitrogen and oxygen atoms in total. The van der Waals surface area contributed by atoms with Crippen LogP contribution < -0.4 is 5.32 Å². The van der Waals surface area contributed by atoms with E-state index in [9.17, 15) is 4.79 Å². The lowest BCUT2D eigenvalue weighted by molar-refractivity contribution is -0.116. The third-order valence-corrected chi connectivity index (χ3v) is 9.43. The minimum atomic E-state index is -1.84. The predicted molar refractivity (Wildman–Crippen MR) is 107 cm³/mol. The highest BCUT2D eigenvalue weighted by atomic mass is 79.9. The molecule has 5 heteroatoms. The molecule has 0 radical (unpaired) electrons. The van der Waals surface area contributed by atoms with Crippen LogP contribution in [0.2, 0.25) is 18.1 Å². The maximum atomic E-state index is 12.1. The molecule has 0 unspecified atom stereocenters. The summed E-state index contributed by atoms with van der Waals surface area (Å²) in [4.78, 5) is 12.1. The van der Waals surface area contributed by atoms with Crippen LogP contribution in [0.5, 0.6) is 0 Å². The van der Waals surface area contributed by atoms with Gasteiger partial charge in [0, 0.05) is 28.6 Å². The van der Waals surface area contributed by atoms with Gasteiger partial charge in [0.1, 0.15) is 0 Å². The van der Waals surface area contributed by atoms with Crippen LogP contribution in [0.25, 0.3) is 0 Å². The van der Waals surface area contributed by atoms with Gasteiger partial charge in [0.25, 0.3) is 0 Å². The number of nitrogens with one attached hydrogen (secondary N) is 1. The van der Waals surface area contributed by atoms with Gasteiger partial charge in [-0.2, -0.15) is 0 Å². The van der Waals surface area contributed by atoms with Gasteiger partial charge in [0.15, 0.2) is 8.32 Å². The molecule has 0 aromatic heterocycles. The van der Waals surface area contributed by atoms with Crippen LogP contribution in [0, 0.1) is 12.3 Å². The van der Waals surface area contributed by atoms with Gasteiger partial charge >= 0.3 is 0 Å². The molecule has 1 N–H and O–H groups in total. The van der Waals surface area contributed by atoms with E-state index in [1.807, 2.05) is 18.2 Å². The maximum Gasteiger partial charge on any atom is 0.224 e. The van der Waals surface area contributed by atoms with Crippen molar-refractivity contribution >= 4 is 35.8 Å². The quantitative estimate of drug-likeness (QED) is 0.355. The molecule has 0 aliphatic rings. The van der Waals surface area contributed by atoms with Crippen LogP contribution >= 0.6 is 15.9 Å². The normalized spacial score (nSPS) is 11.9. The van der Waals surface area contributed by atoms with Gasteiger partial charge in [-0.3, -0.25) is 4.79 Å².